The Bertz CT molecular complexity index is 675. The average molecular weight is 365 g/mol. The van der Waals surface area contributed by atoms with Gasteiger partial charge in [0, 0.05) is 18.0 Å². The predicted octanol–water partition coefficient (Wildman–Crippen LogP) is 3.04. The van der Waals surface area contributed by atoms with Crippen LogP contribution in [0.5, 0.6) is 0 Å². The minimum atomic E-state index is -1.05. The molecular weight excluding hydrogens is 341 g/mol. The highest BCUT2D eigenvalue weighted by molar-refractivity contribution is 5.97. The van der Waals surface area contributed by atoms with Crippen LogP contribution in [0.25, 0.3) is 0 Å². The molecule has 1 N–H and O–H groups in total. The van der Waals surface area contributed by atoms with E-state index in [4.69, 9.17) is 4.74 Å². The molecule has 1 aliphatic rings. The van der Waals surface area contributed by atoms with Gasteiger partial charge in [-0.05, 0) is 50.8 Å². The van der Waals surface area contributed by atoms with Crippen molar-refractivity contribution in [3.8, 4) is 0 Å². The zero-order valence-electron chi connectivity index (χ0n) is 15.0. The van der Waals surface area contributed by atoms with Crippen molar-refractivity contribution in [2.24, 2.45) is 5.92 Å². The number of nitrogens with zero attached hydrogens (tertiary/aromatic N) is 1. The first-order valence-electron chi connectivity index (χ1n) is 8.68. The number of Topliss-reactive ketones (excluding diaryl/α,β-unsaturated/α-hetero) is 1. The highest BCUT2D eigenvalue weighted by Gasteiger charge is 2.43. The second kappa shape index (κ2) is 8.29. The molecule has 0 spiro atoms. The lowest BCUT2D eigenvalue weighted by Crippen LogP contribution is -2.56. The van der Waals surface area contributed by atoms with Gasteiger partial charge in [0.05, 0.1) is 6.61 Å². The van der Waals surface area contributed by atoms with Crippen LogP contribution < -0.4 is 0 Å². The van der Waals surface area contributed by atoms with Gasteiger partial charge in [-0.15, -0.1) is 0 Å². The molecule has 1 fully saturated rings. The third-order valence-electron chi connectivity index (χ3n) is 4.85. The summed E-state index contributed by atoms with van der Waals surface area (Å²) in [4.78, 5) is 37.0. The Morgan fingerprint density at radius 2 is 1.96 bits per heavy atom. The van der Waals surface area contributed by atoms with Gasteiger partial charge in [0.1, 0.15) is 18.0 Å². The smallest absolute Gasteiger partial charge is 0.407 e. The van der Waals surface area contributed by atoms with E-state index in [1.807, 2.05) is 0 Å². The van der Waals surface area contributed by atoms with Crippen molar-refractivity contribution in [2.45, 2.75) is 45.1 Å². The summed E-state index contributed by atoms with van der Waals surface area (Å²) < 4.78 is 17.9. The number of piperidine rings is 1. The summed E-state index contributed by atoms with van der Waals surface area (Å²) in [6.45, 7) is 3.89. The Balaban J connectivity index is 2.16. The molecule has 0 aliphatic carbocycles. The molecular formula is C19H24FNO5. The summed E-state index contributed by atoms with van der Waals surface area (Å²) in [6.07, 6.45) is -0.287. The molecule has 0 aromatic heterocycles. The number of halogens is 1. The van der Waals surface area contributed by atoms with Gasteiger partial charge in [-0.1, -0.05) is 12.1 Å². The highest BCUT2D eigenvalue weighted by Crippen LogP contribution is 2.35. The van der Waals surface area contributed by atoms with Crippen LogP contribution in [0, 0.1) is 11.7 Å². The minimum Gasteiger partial charge on any atom is -0.466 e. The number of amides is 1. The molecule has 1 aliphatic heterocycles. The number of esters is 1. The lowest BCUT2D eigenvalue weighted by Gasteiger charge is -2.46. The summed E-state index contributed by atoms with van der Waals surface area (Å²) in [5.41, 5.74) is -0.0182. The fraction of sp³-hybridized carbons (Fsp3) is 0.526. The number of hydrogen-bond donors (Lipinski definition) is 1. The fourth-order valence-electron chi connectivity index (χ4n) is 3.61. The van der Waals surface area contributed by atoms with Gasteiger partial charge < -0.3 is 14.7 Å². The zero-order chi connectivity index (χ0) is 19.3. The zero-order valence-corrected chi connectivity index (χ0v) is 15.0. The van der Waals surface area contributed by atoms with E-state index in [0.29, 0.717) is 19.3 Å². The van der Waals surface area contributed by atoms with Gasteiger partial charge in [0.2, 0.25) is 0 Å². The highest BCUT2D eigenvalue weighted by atomic mass is 19.1. The SMILES string of the molecule is CCOC(=O)CC(=O)[C@H]1CCN(C(=O)O)[C@](C)(Cc2ccc(F)cc2)C1. The predicted molar refractivity (Wildman–Crippen MR) is 92.2 cm³/mol. The lowest BCUT2D eigenvalue weighted by molar-refractivity contribution is -0.147. The van der Waals surface area contributed by atoms with Crippen LogP contribution in [-0.2, 0) is 20.7 Å². The minimum absolute atomic E-state index is 0.214. The number of rotatable bonds is 6. The second-order valence-corrected chi connectivity index (χ2v) is 6.87. The maximum atomic E-state index is 13.1. The topological polar surface area (TPSA) is 83.9 Å². The Hall–Kier alpha value is -2.44. The lowest BCUT2D eigenvalue weighted by atomic mass is 9.76. The van der Waals surface area contributed by atoms with E-state index in [1.54, 1.807) is 26.0 Å². The van der Waals surface area contributed by atoms with Crippen LogP contribution in [0.2, 0.25) is 0 Å². The van der Waals surface area contributed by atoms with Gasteiger partial charge in [0.25, 0.3) is 0 Å². The molecule has 6 nitrogen and oxygen atoms in total. The summed E-state index contributed by atoms with van der Waals surface area (Å²) in [5.74, 6) is -1.54. The Morgan fingerprint density at radius 1 is 1.31 bits per heavy atom. The number of ketones is 1. The number of likely N-dealkylation sites (tertiary alicyclic amines) is 1. The maximum absolute atomic E-state index is 13.1. The number of carboxylic acid groups (broad SMARTS) is 1. The van der Waals surface area contributed by atoms with E-state index in [2.05, 4.69) is 0 Å². The Kier molecular flexibility index (Phi) is 6.34. The first-order chi connectivity index (χ1) is 12.2. The van der Waals surface area contributed by atoms with Crippen LogP contribution in [0.1, 0.15) is 38.7 Å². The van der Waals surface area contributed by atoms with Gasteiger partial charge in [-0.3, -0.25) is 9.59 Å². The van der Waals surface area contributed by atoms with Crippen molar-refractivity contribution < 1.29 is 28.6 Å². The Morgan fingerprint density at radius 3 is 2.54 bits per heavy atom. The van der Waals surface area contributed by atoms with Crippen molar-refractivity contribution in [3.05, 3.63) is 35.6 Å². The van der Waals surface area contributed by atoms with Gasteiger partial charge in [-0.25, -0.2) is 9.18 Å². The molecule has 2 rings (SSSR count). The van der Waals surface area contributed by atoms with E-state index < -0.39 is 23.5 Å². The molecule has 0 bridgehead atoms. The third-order valence-corrected chi connectivity index (χ3v) is 4.85. The fourth-order valence-corrected chi connectivity index (χ4v) is 3.61. The van der Waals surface area contributed by atoms with E-state index in [0.717, 1.165) is 5.56 Å². The molecule has 0 radical (unpaired) electrons. The average Bonchev–Trinajstić information content (AvgIpc) is 2.56. The first kappa shape index (κ1) is 19.9. The van der Waals surface area contributed by atoms with Crippen LogP contribution in [0.4, 0.5) is 9.18 Å². The van der Waals surface area contributed by atoms with Gasteiger partial charge in [0.15, 0.2) is 0 Å². The molecule has 1 aromatic carbocycles. The largest absolute Gasteiger partial charge is 0.466 e. The van der Waals surface area contributed by atoms with Gasteiger partial charge >= 0.3 is 12.1 Å². The number of benzene rings is 1. The third kappa shape index (κ3) is 4.80. The van der Waals surface area contributed by atoms with E-state index in [-0.39, 0.29) is 31.2 Å². The summed E-state index contributed by atoms with van der Waals surface area (Å²) in [6, 6.07) is 5.89. The van der Waals surface area contributed by atoms with E-state index in [1.165, 1.54) is 17.0 Å². The summed E-state index contributed by atoms with van der Waals surface area (Å²) in [7, 11) is 0. The van der Waals surface area contributed by atoms with Crippen molar-refractivity contribution in [2.75, 3.05) is 13.2 Å². The quantitative estimate of drug-likeness (QED) is 0.619. The van der Waals surface area contributed by atoms with Crippen molar-refractivity contribution in [1.82, 2.24) is 4.90 Å². The van der Waals surface area contributed by atoms with Crippen molar-refractivity contribution >= 4 is 17.8 Å². The number of hydrogen-bond acceptors (Lipinski definition) is 4. The molecule has 1 heterocycles. The van der Waals surface area contributed by atoms with E-state index in [9.17, 15) is 23.9 Å². The molecule has 2 atom stereocenters. The second-order valence-electron chi connectivity index (χ2n) is 6.87. The Labute approximate surface area is 151 Å². The molecule has 0 unspecified atom stereocenters. The molecule has 1 amide bonds. The molecule has 142 valence electrons. The first-order valence-corrected chi connectivity index (χ1v) is 8.68. The molecule has 7 heteroatoms. The maximum Gasteiger partial charge on any atom is 0.407 e. The van der Waals surface area contributed by atoms with Crippen molar-refractivity contribution in [1.29, 1.82) is 0 Å². The standard InChI is InChI=1S/C19H24FNO5/c1-3-26-17(23)10-16(22)14-8-9-21(18(24)25)19(2,12-14)11-13-4-6-15(20)7-5-13/h4-7,14H,3,8-12H2,1-2H3,(H,24,25)/t14-,19+/m0/s1. The van der Waals surface area contributed by atoms with E-state index >= 15 is 0 Å². The van der Waals surface area contributed by atoms with Crippen LogP contribution in [0.15, 0.2) is 24.3 Å². The normalized spacial score (nSPS) is 22.7. The van der Waals surface area contributed by atoms with Crippen molar-refractivity contribution in [3.63, 3.8) is 0 Å². The number of ether oxygens (including phenoxy) is 1. The summed E-state index contributed by atoms with van der Waals surface area (Å²) in [5, 5.41) is 9.54. The number of carbonyl (C=O) groups is 3. The van der Waals surface area contributed by atoms with Crippen LogP contribution in [0.3, 0.4) is 0 Å². The molecule has 1 aromatic rings. The summed E-state index contributed by atoms with van der Waals surface area (Å²) >= 11 is 0. The monoisotopic (exact) mass is 365 g/mol. The van der Waals surface area contributed by atoms with Crippen LogP contribution in [-0.4, -0.2) is 46.5 Å². The molecule has 0 saturated carbocycles. The van der Waals surface area contributed by atoms with Gasteiger partial charge in [-0.2, -0.15) is 0 Å². The molecule has 1 saturated heterocycles. The van der Waals surface area contributed by atoms with Crippen LogP contribution >= 0.6 is 0 Å². The number of carbonyl (C=O) groups excluding carboxylic acids is 2. The molecule has 26 heavy (non-hydrogen) atoms.